The average Bonchev–Trinajstić information content (AvgIpc) is 1.38. The van der Waals surface area contributed by atoms with Gasteiger partial charge in [0.2, 0.25) is 0 Å². The van der Waals surface area contributed by atoms with Crippen molar-refractivity contribution >= 4 is 16.3 Å². The molecule has 0 fully saturated rings. The lowest BCUT2D eigenvalue weighted by atomic mass is 10.8. The first-order valence-electron chi connectivity index (χ1n) is 1.23. The molecule has 3 heteroatoms. The van der Waals surface area contributed by atoms with E-state index in [2.05, 4.69) is 20.1 Å². The minimum Gasteiger partial charge on any atom is -0.367 e. The summed E-state index contributed by atoms with van der Waals surface area (Å²) in [7, 11) is 0. The molecule has 0 aliphatic carbocycles. The highest BCUT2D eigenvalue weighted by atomic mass is 79.9. The first kappa shape index (κ1) is 5.40. The maximum atomic E-state index is 8.09. The Kier molecular flexibility index (Phi) is 2.84. The number of aliphatic hydroxyl groups excluding tert-OH is 1. The molecule has 5 heavy (non-hydrogen) atoms. The molecule has 1 N–H and O–H groups in total. The van der Waals surface area contributed by atoms with Gasteiger partial charge in [0.1, 0.15) is 16.3 Å². The van der Waals surface area contributed by atoms with Crippen LogP contribution in [0.4, 0.5) is 0 Å². The van der Waals surface area contributed by atoms with E-state index in [1.165, 1.54) is 6.92 Å². The first-order valence-corrected chi connectivity index (χ1v) is 1.87. The van der Waals surface area contributed by atoms with Crippen LogP contribution in [0.5, 0.6) is 0 Å². The summed E-state index contributed by atoms with van der Waals surface area (Å²) in [5.74, 6) is 0. The van der Waals surface area contributed by atoms with E-state index in [-0.39, 0.29) is 0 Å². The Hall–Kier alpha value is 0.400. The van der Waals surface area contributed by atoms with Gasteiger partial charge in [-0.25, -0.2) is 0 Å². The van der Waals surface area contributed by atoms with Gasteiger partial charge in [-0.05, 0) is 6.92 Å². The molecule has 0 rings (SSSR count). The Morgan fingerprint density at radius 3 is 2.20 bits per heavy atom. The zero-order chi connectivity index (χ0) is 4.28. The molecule has 0 aliphatic heterocycles. The first-order chi connectivity index (χ1) is 2.27. The molecule has 2 nitrogen and oxygen atoms in total. The molecule has 0 saturated heterocycles. The van der Waals surface area contributed by atoms with Gasteiger partial charge in [-0.2, -0.15) is 0 Å². The zero-order valence-corrected chi connectivity index (χ0v) is 4.40. The topological polar surface area (TPSA) is 29.5 Å². The molecule has 0 spiro atoms. The predicted molar refractivity (Wildman–Crippen MR) is 21.7 cm³/mol. The number of halogens is 1. The van der Waals surface area contributed by atoms with Gasteiger partial charge in [0.05, 0.1) is 0 Å². The van der Waals surface area contributed by atoms with E-state index in [9.17, 15) is 0 Å². The maximum absolute atomic E-state index is 8.09. The fraction of sp³-hybridized carbons (Fsp3) is 1.00. The zero-order valence-electron chi connectivity index (χ0n) is 2.81. The predicted octanol–water partition coefficient (Wildman–Crippen LogP) is 0.651. The maximum Gasteiger partial charge on any atom is 0.164 e. The lowest BCUT2D eigenvalue weighted by Gasteiger charge is -1.90. The standard InChI is InChI=1S/C2H5BrO2/c1-2(4)5-3/h2,4H,1H3. The Bertz CT molecular complexity index is 21.6. The lowest BCUT2D eigenvalue weighted by molar-refractivity contribution is 0.0249. The molecular formula is C2H5BrO2. The molecule has 32 valence electrons. The molecule has 0 heterocycles. The molecule has 0 aromatic heterocycles. The van der Waals surface area contributed by atoms with Crippen molar-refractivity contribution in [1.29, 1.82) is 0 Å². The summed E-state index contributed by atoms with van der Waals surface area (Å²) in [4.78, 5) is 0. The van der Waals surface area contributed by atoms with Crippen molar-refractivity contribution in [3.8, 4) is 0 Å². The van der Waals surface area contributed by atoms with Crippen LogP contribution >= 0.6 is 16.3 Å². The molecule has 0 aromatic carbocycles. The van der Waals surface area contributed by atoms with Crippen LogP contribution in [0.2, 0.25) is 0 Å². The van der Waals surface area contributed by atoms with Crippen LogP contribution in [-0.2, 0) is 3.83 Å². The second-order valence-electron chi connectivity index (χ2n) is 0.688. The lowest BCUT2D eigenvalue weighted by Crippen LogP contribution is -1.94. The van der Waals surface area contributed by atoms with Crippen LogP contribution in [0, 0.1) is 0 Å². The molecule has 0 bridgehead atoms. The Morgan fingerprint density at radius 2 is 2.20 bits per heavy atom. The van der Waals surface area contributed by atoms with Gasteiger partial charge in [0.15, 0.2) is 6.29 Å². The third-order valence-corrected chi connectivity index (χ3v) is 0.670. The van der Waals surface area contributed by atoms with Gasteiger partial charge in [0, 0.05) is 0 Å². The second kappa shape index (κ2) is 2.63. The van der Waals surface area contributed by atoms with Gasteiger partial charge in [-0.1, -0.05) is 0 Å². The minimum absolute atomic E-state index is 0.699. The van der Waals surface area contributed by atoms with Crippen LogP contribution in [-0.4, -0.2) is 11.4 Å². The van der Waals surface area contributed by atoms with Gasteiger partial charge in [0.25, 0.3) is 0 Å². The molecule has 1 unspecified atom stereocenters. The van der Waals surface area contributed by atoms with Gasteiger partial charge in [-0.15, -0.1) is 0 Å². The number of hydrogen-bond donors (Lipinski definition) is 1. The molecule has 0 saturated carbocycles. The summed E-state index contributed by atoms with van der Waals surface area (Å²) in [6.07, 6.45) is -0.699. The van der Waals surface area contributed by atoms with E-state index >= 15 is 0 Å². The molecule has 0 aromatic rings. The monoisotopic (exact) mass is 140 g/mol. The summed E-state index contributed by atoms with van der Waals surface area (Å²) < 4.78 is 4.12. The molecule has 0 amide bonds. The highest BCUT2D eigenvalue weighted by Crippen LogP contribution is 1.87. The van der Waals surface area contributed by atoms with Gasteiger partial charge >= 0.3 is 0 Å². The van der Waals surface area contributed by atoms with Crippen molar-refractivity contribution in [3.63, 3.8) is 0 Å². The summed E-state index contributed by atoms with van der Waals surface area (Å²) in [5.41, 5.74) is 0. The van der Waals surface area contributed by atoms with Crippen molar-refractivity contribution < 1.29 is 8.93 Å². The average molecular weight is 141 g/mol. The fourth-order valence-corrected chi connectivity index (χ4v) is 0. The molecule has 0 aliphatic rings. The number of rotatable bonds is 1. The highest BCUT2D eigenvalue weighted by molar-refractivity contribution is 9.06. The van der Waals surface area contributed by atoms with Crippen molar-refractivity contribution in [2.24, 2.45) is 0 Å². The summed E-state index contributed by atoms with van der Waals surface area (Å²) >= 11 is 2.56. The van der Waals surface area contributed by atoms with E-state index in [1.807, 2.05) is 0 Å². The van der Waals surface area contributed by atoms with Crippen LogP contribution in [0.25, 0.3) is 0 Å². The van der Waals surface area contributed by atoms with Crippen molar-refractivity contribution in [1.82, 2.24) is 0 Å². The number of aliphatic hydroxyl groups is 1. The van der Waals surface area contributed by atoms with Crippen molar-refractivity contribution in [3.05, 3.63) is 0 Å². The third kappa shape index (κ3) is 4.40. The van der Waals surface area contributed by atoms with E-state index < -0.39 is 6.29 Å². The fourth-order valence-electron chi connectivity index (χ4n) is 0. The van der Waals surface area contributed by atoms with E-state index in [0.29, 0.717) is 0 Å². The van der Waals surface area contributed by atoms with Gasteiger partial charge in [-0.3, -0.25) is 3.83 Å². The second-order valence-corrected chi connectivity index (χ2v) is 1.06. The van der Waals surface area contributed by atoms with Crippen LogP contribution in [0.1, 0.15) is 6.92 Å². The largest absolute Gasteiger partial charge is 0.367 e. The molecular weight excluding hydrogens is 136 g/mol. The van der Waals surface area contributed by atoms with Crippen LogP contribution in [0.15, 0.2) is 0 Å². The molecule has 0 radical (unpaired) electrons. The van der Waals surface area contributed by atoms with Gasteiger partial charge < -0.3 is 5.11 Å². The van der Waals surface area contributed by atoms with E-state index in [1.54, 1.807) is 0 Å². The third-order valence-electron chi connectivity index (χ3n) is 0.129. The number of hydrogen-bond acceptors (Lipinski definition) is 2. The van der Waals surface area contributed by atoms with Crippen LogP contribution in [0.3, 0.4) is 0 Å². The normalized spacial score (nSPS) is 15.0. The van der Waals surface area contributed by atoms with Crippen molar-refractivity contribution in [2.75, 3.05) is 0 Å². The van der Waals surface area contributed by atoms with Crippen molar-refractivity contribution in [2.45, 2.75) is 13.2 Å². The minimum atomic E-state index is -0.699. The molecule has 1 atom stereocenters. The highest BCUT2D eigenvalue weighted by Gasteiger charge is 1.83. The summed E-state index contributed by atoms with van der Waals surface area (Å²) in [5, 5.41) is 8.09. The summed E-state index contributed by atoms with van der Waals surface area (Å²) in [6, 6.07) is 0. The SMILES string of the molecule is CC(O)OBr. The Balaban J connectivity index is 2.54. The van der Waals surface area contributed by atoms with Crippen LogP contribution < -0.4 is 0 Å². The smallest absolute Gasteiger partial charge is 0.164 e. The quantitative estimate of drug-likeness (QED) is 0.543. The Labute approximate surface area is 39.2 Å². The Morgan fingerprint density at radius 1 is 2.00 bits per heavy atom. The summed E-state index contributed by atoms with van der Waals surface area (Å²) in [6.45, 7) is 1.51. The van der Waals surface area contributed by atoms with E-state index in [4.69, 9.17) is 5.11 Å². The van der Waals surface area contributed by atoms with E-state index in [0.717, 1.165) is 0 Å².